The molecule has 0 bridgehead atoms. The lowest BCUT2D eigenvalue weighted by molar-refractivity contribution is -0.134. The molecule has 1 heterocycles. The van der Waals surface area contributed by atoms with E-state index in [1.54, 1.807) is 0 Å². The second-order valence-electron chi connectivity index (χ2n) is 5.01. The number of halogens is 3. The second-order valence-corrected chi connectivity index (χ2v) is 7.10. The molecular weight excluding hydrogens is 281 g/mol. The standard InChI is InChI=1S/C11H21F3N2O2S/c1-2-9-8-16(6-4-10(9)15)19(17,18)7-3-5-11(12,13)14/h9-10H,2-8,15H2,1H3. The van der Waals surface area contributed by atoms with E-state index in [0.717, 1.165) is 6.42 Å². The molecule has 114 valence electrons. The SMILES string of the molecule is CCC1CN(S(=O)(=O)CCCC(F)(F)F)CCC1N. The van der Waals surface area contributed by atoms with Crippen molar-refractivity contribution in [3.8, 4) is 0 Å². The Balaban J connectivity index is 2.53. The molecule has 0 aromatic carbocycles. The molecule has 1 aliphatic rings. The molecular formula is C11H21F3N2O2S. The molecule has 1 saturated heterocycles. The van der Waals surface area contributed by atoms with Crippen molar-refractivity contribution in [2.75, 3.05) is 18.8 Å². The molecule has 0 radical (unpaired) electrons. The molecule has 1 fully saturated rings. The monoisotopic (exact) mass is 302 g/mol. The Morgan fingerprint density at radius 2 is 2.00 bits per heavy atom. The minimum Gasteiger partial charge on any atom is -0.327 e. The molecule has 2 atom stereocenters. The van der Waals surface area contributed by atoms with Crippen molar-refractivity contribution in [1.29, 1.82) is 0 Å². The Hall–Kier alpha value is -0.340. The lowest BCUT2D eigenvalue weighted by Crippen LogP contribution is -2.49. The van der Waals surface area contributed by atoms with E-state index >= 15 is 0 Å². The van der Waals surface area contributed by atoms with Gasteiger partial charge in [-0.25, -0.2) is 12.7 Å². The maximum Gasteiger partial charge on any atom is 0.389 e. The molecule has 19 heavy (non-hydrogen) atoms. The van der Waals surface area contributed by atoms with Crippen LogP contribution in [0.15, 0.2) is 0 Å². The van der Waals surface area contributed by atoms with Crippen molar-refractivity contribution < 1.29 is 21.6 Å². The van der Waals surface area contributed by atoms with E-state index in [4.69, 9.17) is 5.73 Å². The minimum absolute atomic E-state index is 0.0216. The van der Waals surface area contributed by atoms with Crippen LogP contribution in [0, 0.1) is 5.92 Å². The van der Waals surface area contributed by atoms with Crippen molar-refractivity contribution in [2.24, 2.45) is 11.7 Å². The Morgan fingerprint density at radius 1 is 1.37 bits per heavy atom. The summed E-state index contributed by atoms with van der Waals surface area (Å²) in [5.74, 6) is -0.357. The molecule has 1 aliphatic heterocycles. The van der Waals surface area contributed by atoms with Crippen LogP contribution in [0.3, 0.4) is 0 Å². The van der Waals surface area contributed by atoms with Crippen LogP contribution in [0.1, 0.15) is 32.6 Å². The average molecular weight is 302 g/mol. The van der Waals surface area contributed by atoms with Crippen LogP contribution in [0.4, 0.5) is 13.2 Å². The predicted octanol–water partition coefficient (Wildman–Crippen LogP) is 1.72. The summed E-state index contributed by atoms with van der Waals surface area (Å²) < 4.78 is 61.3. The number of nitrogens with zero attached hydrogens (tertiary/aromatic N) is 1. The third-order valence-corrected chi connectivity index (χ3v) is 5.46. The summed E-state index contributed by atoms with van der Waals surface area (Å²) in [6, 6.07) is -0.0216. The highest BCUT2D eigenvalue weighted by molar-refractivity contribution is 7.89. The molecule has 0 aromatic heterocycles. The average Bonchev–Trinajstić information content (AvgIpc) is 2.27. The van der Waals surface area contributed by atoms with Gasteiger partial charge >= 0.3 is 6.18 Å². The first-order valence-electron chi connectivity index (χ1n) is 6.46. The van der Waals surface area contributed by atoms with Crippen LogP contribution in [0.2, 0.25) is 0 Å². The van der Waals surface area contributed by atoms with Gasteiger partial charge in [-0.3, -0.25) is 0 Å². The van der Waals surface area contributed by atoms with Gasteiger partial charge < -0.3 is 5.73 Å². The van der Waals surface area contributed by atoms with Crippen LogP contribution < -0.4 is 5.73 Å². The highest BCUT2D eigenvalue weighted by atomic mass is 32.2. The van der Waals surface area contributed by atoms with E-state index in [-0.39, 0.29) is 18.4 Å². The first kappa shape index (κ1) is 16.7. The number of nitrogens with two attached hydrogens (primary N) is 1. The van der Waals surface area contributed by atoms with Crippen LogP contribution in [-0.2, 0) is 10.0 Å². The van der Waals surface area contributed by atoms with E-state index in [1.165, 1.54) is 4.31 Å². The smallest absolute Gasteiger partial charge is 0.327 e. The van der Waals surface area contributed by atoms with E-state index < -0.39 is 28.4 Å². The molecule has 0 saturated carbocycles. The second kappa shape index (κ2) is 6.41. The molecule has 2 unspecified atom stereocenters. The van der Waals surface area contributed by atoms with Gasteiger partial charge in [-0.2, -0.15) is 13.2 Å². The lowest BCUT2D eigenvalue weighted by Gasteiger charge is -2.35. The van der Waals surface area contributed by atoms with E-state index in [9.17, 15) is 21.6 Å². The quantitative estimate of drug-likeness (QED) is 0.841. The third kappa shape index (κ3) is 5.27. The first-order valence-corrected chi connectivity index (χ1v) is 8.07. The molecule has 0 spiro atoms. The lowest BCUT2D eigenvalue weighted by atomic mass is 9.92. The number of hydrogen-bond donors (Lipinski definition) is 1. The highest BCUT2D eigenvalue weighted by Crippen LogP contribution is 2.24. The molecule has 4 nitrogen and oxygen atoms in total. The summed E-state index contributed by atoms with van der Waals surface area (Å²) in [4.78, 5) is 0. The Morgan fingerprint density at radius 3 is 2.53 bits per heavy atom. The Kier molecular flexibility index (Phi) is 5.64. The molecule has 1 rings (SSSR count). The summed E-state index contributed by atoms with van der Waals surface area (Å²) in [7, 11) is -3.59. The predicted molar refractivity (Wildman–Crippen MR) is 67.0 cm³/mol. The van der Waals surface area contributed by atoms with Crippen LogP contribution in [0.25, 0.3) is 0 Å². The Labute approximate surface area is 112 Å². The third-order valence-electron chi connectivity index (χ3n) is 3.54. The topological polar surface area (TPSA) is 63.4 Å². The summed E-state index contributed by atoms with van der Waals surface area (Å²) in [5.41, 5.74) is 5.88. The van der Waals surface area contributed by atoms with Gasteiger partial charge in [-0.15, -0.1) is 0 Å². The largest absolute Gasteiger partial charge is 0.389 e. The zero-order valence-corrected chi connectivity index (χ0v) is 11.8. The van der Waals surface area contributed by atoms with Gasteiger partial charge in [0.1, 0.15) is 0 Å². The van der Waals surface area contributed by atoms with Gasteiger partial charge in [0.2, 0.25) is 10.0 Å². The molecule has 2 N–H and O–H groups in total. The molecule has 0 aromatic rings. The van der Waals surface area contributed by atoms with Gasteiger partial charge in [0.15, 0.2) is 0 Å². The Bertz CT molecular complexity index is 384. The maximum absolute atomic E-state index is 12.0. The maximum atomic E-state index is 12.0. The summed E-state index contributed by atoms with van der Waals surface area (Å²) in [6.07, 6.45) is -4.40. The number of piperidine rings is 1. The number of alkyl halides is 3. The van der Waals surface area contributed by atoms with Gasteiger partial charge in [0, 0.05) is 25.6 Å². The van der Waals surface area contributed by atoms with Crippen LogP contribution >= 0.6 is 0 Å². The van der Waals surface area contributed by atoms with Crippen molar-refractivity contribution in [1.82, 2.24) is 4.31 Å². The molecule has 0 aliphatic carbocycles. The zero-order chi connectivity index (χ0) is 14.7. The van der Waals surface area contributed by atoms with Gasteiger partial charge in [0.25, 0.3) is 0 Å². The van der Waals surface area contributed by atoms with E-state index in [1.807, 2.05) is 6.92 Å². The fraction of sp³-hybridized carbons (Fsp3) is 1.00. The molecule has 8 heteroatoms. The van der Waals surface area contributed by atoms with Crippen molar-refractivity contribution in [3.63, 3.8) is 0 Å². The molecule has 0 amide bonds. The zero-order valence-electron chi connectivity index (χ0n) is 11.0. The summed E-state index contributed by atoms with van der Waals surface area (Å²) in [5, 5.41) is 0. The van der Waals surface area contributed by atoms with E-state index in [0.29, 0.717) is 19.5 Å². The highest BCUT2D eigenvalue weighted by Gasteiger charge is 2.33. The normalized spacial score (nSPS) is 26.6. The van der Waals surface area contributed by atoms with Gasteiger partial charge in [-0.05, 0) is 18.8 Å². The fourth-order valence-electron chi connectivity index (χ4n) is 2.29. The van der Waals surface area contributed by atoms with Crippen LogP contribution in [0.5, 0.6) is 0 Å². The fourth-order valence-corrected chi connectivity index (χ4v) is 3.86. The van der Waals surface area contributed by atoms with Crippen molar-refractivity contribution in [2.45, 2.75) is 44.8 Å². The van der Waals surface area contributed by atoms with Gasteiger partial charge in [-0.1, -0.05) is 13.3 Å². The summed E-state index contributed by atoms with van der Waals surface area (Å²) >= 11 is 0. The minimum atomic E-state index is -4.30. The number of sulfonamides is 1. The van der Waals surface area contributed by atoms with Crippen molar-refractivity contribution in [3.05, 3.63) is 0 Å². The summed E-state index contributed by atoms with van der Waals surface area (Å²) in [6.45, 7) is 2.57. The number of hydrogen-bond acceptors (Lipinski definition) is 3. The van der Waals surface area contributed by atoms with Crippen molar-refractivity contribution >= 4 is 10.0 Å². The van der Waals surface area contributed by atoms with E-state index in [2.05, 4.69) is 0 Å². The number of rotatable bonds is 5. The first-order chi connectivity index (χ1) is 8.65. The van der Waals surface area contributed by atoms with Crippen LogP contribution in [-0.4, -0.2) is 43.8 Å². The van der Waals surface area contributed by atoms with Gasteiger partial charge in [0.05, 0.1) is 5.75 Å².